The summed E-state index contributed by atoms with van der Waals surface area (Å²) in [6.45, 7) is -0.200. The van der Waals surface area contributed by atoms with Crippen molar-refractivity contribution in [1.29, 1.82) is 0 Å². The molecule has 0 bridgehead atoms. The first-order valence-electron chi connectivity index (χ1n) is 10.0. The number of phenols is 4. The van der Waals surface area contributed by atoms with Gasteiger partial charge in [-0.2, -0.15) is 0 Å². The van der Waals surface area contributed by atoms with E-state index in [0.29, 0.717) is 0 Å². The molecule has 0 aliphatic carbocycles. The maximum Gasteiger partial charge on any atom is 0.284 e. The maximum absolute atomic E-state index is 12.2. The summed E-state index contributed by atoms with van der Waals surface area (Å²) in [5, 5.41) is 88.4. The summed E-state index contributed by atoms with van der Waals surface area (Å²) < 4.78 is 0. The van der Waals surface area contributed by atoms with Crippen molar-refractivity contribution in [3.8, 4) is 23.0 Å². The van der Waals surface area contributed by atoms with Gasteiger partial charge in [-0.05, 0) is 12.0 Å². The van der Waals surface area contributed by atoms with E-state index in [9.17, 15) is 45.6 Å². The Balaban J connectivity index is 1.84. The van der Waals surface area contributed by atoms with Crippen LogP contribution in [0.3, 0.4) is 0 Å². The van der Waals surface area contributed by atoms with Crippen LogP contribution in [0, 0.1) is 0 Å². The molecule has 14 heteroatoms. The minimum atomic E-state index is -3.85. The summed E-state index contributed by atoms with van der Waals surface area (Å²) >= 11 is 1.07. The fraction of sp³-hybridized carbons (Fsp3) is 0.238. The average Bonchev–Trinajstić information content (AvgIpc) is 3.20. The fourth-order valence-electron chi connectivity index (χ4n) is 3.22. The van der Waals surface area contributed by atoms with E-state index in [1.807, 2.05) is 5.32 Å². The molecule has 0 saturated heterocycles. The van der Waals surface area contributed by atoms with Crippen LogP contribution in [-0.4, -0.2) is 64.2 Å². The SMILES string of the molecule is Nc1nc(CC(=O)Nc2c(O)c(O)c(C(O)(O)C(O)(O)NCCc3ccccc3)c(O)c2O)cs1. The lowest BCUT2D eigenvalue weighted by Gasteiger charge is -2.36. The van der Waals surface area contributed by atoms with Gasteiger partial charge in [-0.15, -0.1) is 11.3 Å². The quantitative estimate of drug-likeness (QED) is 0.0980. The molecule has 0 aliphatic heterocycles. The Morgan fingerprint density at radius 2 is 1.57 bits per heavy atom. The number of nitrogen functional groups attached to an aromatic ring is 1. The maximum atomic E-state index is 12.2. The van der Waals surface area contributed by atoms with Crippen molar-refractivity contribution in [2.45, 2.75) is 24.5 Å². The van der Waals surface area contributed by atoms with Crippen LogP contribution in [0.5, 0.6) is 23.0 Å². The Hall–Kier alpha value is -3.66. The average molecular weight is 509 g/mol. The molecule has 1 amide bonds. The number of hydrogen-bond donors (Lipinski definition) is 11. The lowest BCUT2D eigenvalue weighted by Crippen LogP contribution is -2.61. The van der Waals surface area contributed by atoms with Crippen molar-refractivity contribution in [2.75, 3.05) is 17.6 Å². The van der Waals surface area contributed by atoms with Gasteiger partial charge in [-0.3, -0.25) is 10.1 Å². The number of aromatic nitrogens is 1. The lowest BCUT2D eigenvalue weighted by atomic mass is 9.97. The number of nitrogens with one attached hydrogen (secondary N) is 2. The zero-order valence-corrected chi connectivity index (χ0v) is 18.8. The van der Waals surface area contributed by atoms with Crippen LogP contribution in [0.1, 0.15) is 16.8 Å². The number of carbonyl (C=O) groups excluding carboxylic acids is 1. The molecule has 3 aromatic rings. The Labute approximate surface area is 202 Å². The number of aliphatic hydroxyl groups is 4. The molecule has 0 spiro atoms. The second kappa shape index (κ2) is 9.91. The van der Waals surface area contributed by atoms with Crippen LogP contribution in [-0.2, 0) is 23.4 Å². The van der Waals surface area contributed by atoms with E-state index in [-0.39, 0.29) is 30.2 Å². The number of anilines is 2. The molecule has 0 fully saturated rings. The highest BCUT2D eigenvalue weighted by Crippen LogP contribution is 2.54. The molecule has 1 heterocycles. The molecule has 0 atom stereocenters. The monoisotopic (exact) mass is 508 g/mol. The number of benzene rings is 2. The van der Waals surface area contributed by atoms with Crippen LogP contribution >= 0.6 is 11.3 Å². The molecule has 13 nitrogen and oxygen atoms in total. The number of nitrogens with zero attached hydrogens (tertiary/aromatic N) is 1. The van der Waals surface area contributed by atoms with E-state index in [2.05, 4.69) is 10.3 Å². The van der Waals surface area contributed by atoms with Crippen LogP contribution in [0.4, 0.5) is 10.8 Å². The third-order valence-corrected chi connectivity index (χ3v) is 5.76. The molecular formula is C21H24N4O9S. The van der Waals surface area contributed by atoms with E-state index < -0.39 is 51.9 Å². The van der Waals surface area contributed by atoms with Crippen molar-refractivity contribution in [3.63, 3.8) is 0 Å². The van der Waals surface area contributed by atoms with Gasteiger partial charge in [0.05, 0.1) is 12.1 Å². The summed E-state index contributed by atoms with van der Waals surface area (Å²) in [5.74, 6) is -13.7. The smallest absolute Gasteiger partial charge is 0.284 e. The number of hydrogen-bond acceptors (Lipinski definition) is 13. The van der Waals surface area contributed by atoms with E-state index in [4.69, 9.17) is 5.73 Å². The van der Waals surface area contributed by atoms with Gasteiger partial charge in [0.15, 0.2) is 28.1 Å². The Morgan fingerprint density at radius 3 is 2.11 bits per heavy atom. The highest BCUT2D eigenvalue weighted by molar-refractivity contribution is 7.13. The molecule has 2 aromatic carbocycles. The van der Waals surface area contributed by atoms with E-state index in [1.165, 1.54) is 5.38 Å². The van der Waals surface area contributed by atoms with Crippen molar-refractivity contribution in [3.05, 3.63) is 52.5 Å². The van der Waals surface area contributed by atoms with Gasteiger partial charge >= 0.3 is 0 Å². The molecule has 0 radical (unpaired) electrons. The second-order valence-electron chi connectivity index (χ2n) is 7.55. The Bertz CT molecular complexity index is 1190. The molecular weight excluding hydrogens is 484 g/mol. The molecule has 3 rings (SSSR count). The normalized spacial score (nSPS) is 12.0. The fourth-order valence-corrected chi connectivity index (χ4v) is 3.78. The van der Waals surface area contributed by atoms with Gasteiger partial charge in [0.25, 0.3) is 11.7 Å². The van der Waals surface area contributed by atoms with Gasteiger partial charge in [0.1, 0.15) is 11.3 Å². The third kappa shape index (κ3) is 5.37. The summed E-state index contributed by atoms with van der Waals surface area (Å²) in [7, 11) is 0. The first-order valence-corrected chi connectivity index (χ1v) is 10.9. The van der Waals surface area contributed by atoms with Crippen molar-refractivity contribution >= 4 is 28.1 Å². The molecule has 0 unspecified atom stereocenters. The van der Waals surface area contributed by atoms with Gasteiger partial charge in [-0.25, -0.2) is 4.98 Å². The lowest BCUT2D eigenvalue weighted by molar-refractivity contribution is -0.379. The van der Waals surface area contributed by atoms with Crippen LogP contribution in [0.2, 0.25) is 0 Å². The highest BCUT2D eigenvalue weighted by Gasteiger charge is 2.53. The molecule has 0 aliphatic rings. The van der Waals surface area contributed by atoms with E-state index >= 15 is 0 Å². The Morgan fingerprint density at radius 1 is 0.971 bits per heavy atom. The van der Waals surface area contributed by atoms with Crippen molar-refractivity contribution in [1.82, 2.24) is 10.3 Å². The number of carbonyl (C=O) groups is 1. The number of amides is 1. The van der Waals surface area contributed by atoms with Gasteiger partial charge in [-0.1, -0.05) is 30.3 Å². The zero-order chi connectivity index (χ0) is 26.0. The minimum absolute atomic E-state index is 0.200. The predicted molar refractivity (Wildman–Crippen MR) is 123 cm³/mol. The second-order valence-corrected chi connectivity index (χ2v) is 8.44. The standard InChI is InChI=1S/C21H24N4O9S/c22-19-24-11(9-35-19)8-12(26)25-14-17(29)15(27)13(16(28)18(14)30)20(31,32)21(33,34)23-7-6-10-4-2-1-3-5-10/h1-5,9,23,27-34H,6-8H2,(H2,22,24)(H,25,26). The summed E-state index contributed by atoms with van der Waals surface area (Å²) in [4.78, 5) is 16.1. The zero-order valence-electron chi connectivity index (χ0n) is 18.0. The first kappa shape index (κ1) is 26.0. The first-order chi connectivity index (χ1) is 16.3. The van der Waals surface area contributed by atoms with Crippen molar-refractivity contribution < 1.29 is 45.6 Å². The molecule has 188 valence electrons. The topological polar surface area (TPSA) is 242 Å². The van der Waals surface area contributed by atoms with E-state index in [1.54, 1.807) is 30.3 Å². The number of rotatable bonds is 9. The van der Waals surface area contributed by atoms with Crippen LogP contribution < -0.4 is 16.4 Å². The predicted octanol–water partition coefficient (Wildman–Crippen LogP) is -0.663. The molecule has 12 N–H and O–H groups in total. The van der Waals surface area contributed by atoms with Crippen molar-refractivity contribution in [2.24, 2.45) is 0 Å². The van der Waals surface area contributed by atoms with Crippen LogP contribution in [0.15, 0.2) is 35.7 Å². The van der Waals surface area contributed by atoms with Gasteiger partial charge in [0.2, 0.25) is 5.91 Å². The summed E-state index contributed by atoms with van der Waals surface area (Å²) in [6, 6.07) is 8.76. The van der Waals surface area contributed by atoms with E-state index in [0.717, 1.165) is 16.9 Å². The summed E-state index contributed by atoms with van der Waals surface area (Å²) in [5.41, 5.74) is 4.22. The van der Waals surface area contributed by atoms with Gasteiger partial charge < -0.3 is 51.9 Å². The van der Waals surface area contributed by atoms with Gasteiger partial charge in [0, 0.05) is 11.9 Å². The molecule has 1 aromatic heterocycles. The Kier molecular flexibility index (Phi) is 7.35. The largest absolute Gasteiger partial charge is 0.504 e. The number of aromatic hydroxyl groups is 4. The summed E-state index contributed by atoms with van der Waals surface area (Å²) in [6.07, 6.45) is -0.120. The molecule has 35 heavy (non-hydrogen) atoms. The number of nitrogens with two attached hydrogens (primary N) is 1. The number of phenolic OH excluding ortho intramolecular Hbond substituents is 4. The minimum Gasteiger partial charge on any atom is -0.504 e. The van der Waals surface area contributed by atoms with Crippen LogP contribution in [0.25, 0.3) is 0 Å². The highest BCUT2D eigenvalue weighted by atomic mass is 32.1. The third-order valence-electron chi connectivity index (χ3n) is 5.03. The number of thiazole rings is 1. The molecule has 0 saturated carbocycles.